The molecule has 1 aliphatic heterocycles. The van der Waals surface area contributed by atoms with Crippen molar-refractivity contribution in [2.75, 3.05) is 37.7 Å². The number of nitriles is 1. The van der Waals surface area contributed by atoms with Crippen LogP contribution in [-0.2, 0) is 33.2 Å². The van der Waals surface area contributed by atoms with Gasteiger partial charge in [0.2, 0.25) is 5.43 Å². The largest absolute Gasteiger partial charge is 0.464 e. The maximum Gasteiger partial charge on any atom is 0.310 e. The van der Waals surface area contributed by atoms with Crippen molar-refractivity contribution in [3.63, 3.8) is 0 Å². The van der Waals surface area contributed by atoms with Gasteiger partial charge in [0.1, 0.15) is 12.3 Å². The van der Waals surface area contributed by atoms with E-state index in [2.05, 4.69) is 16.1 Å². The van der Waals surface area contributed by atoms with E-state index in [1.807, 2.05) is 30.3 Å². The number of rotatable bonds is 8. The van der Waals surface area contributed by atoms with Gasteiger partial charge < -0.3 is 4.74 Å². The first-order chi connectivity index (χ1) is 17.0. The van der Waals surface area contributed by atoms with E-state index >= 15 is 0 Å². The van der Waals surface area contributed by atoms with Gasteiger partial charge in [0.15, 0.2) is 0 Å². The second-order valence-electron chi connectivity index (χ2n) is 8.32. The lowest BCUT2D eigenvalue weighted by molar-refractivity contribution is -0.143. The highest BCUT2D eigenvalue weighted by Gasteiger charge is 2.15. The number of aromatic nitrogens is 2. The van der Waals surface area contributed by atoms with E-state index < -0.39 is 10.8 Å². The minimum Gasteiger partial charge on any atom is -0.464 e. The summed E-state index contributed by atoms with van der Waals surface area (Å²) in [6.45, 7) is 2.49. The molecule has 1 saturated heterocycles. The number of ether oxygens (including phenoxy) is 1. The number of carbonyl (C=O) groups excluding carboxylic acids is 1. The molecule has 0 radical (unpaired) electrons. The van der Waals surface area contributed by atoms with Crippen molar-refractivity contribution in [3.05, 3.63) is 93.4 Å². The Hall–Kier alpha value is -3.61. The predicted molar refractivity (Wildman–Crippen MR) is 133 cm³/mol. The number of nitrogens with zero attached hydrogens (tertiary/aromatic N) is 4. The highest BCUT2D eigenvalue weighted by atomic mass is 32.2. The van der Waals surface area contributed by atoms with Gasteiger partial charge in [0, 0.05) is 60.6 Å². The molecule has 0 amide bonds. The van der Waals surface area contributed by atoms with Gasteiger partial charge in [-0.3, -0.25) is 18.7 Å². The zero-order chi connectivity index (χ0) is 24.6. The summed E-state index contributed by atoms with van der Waals surface area (Å²) in [7, 11) is -0.720. The normalized spacial score (nSPS) is 14.4. The molecule has 8 nitrogen and oxygen atoms in total. The Morgan fingerprint density at radius 3 is 2.66 bits per heavy atom. The Balaban J connectivity index is 1.36. The average molecular weight is 491 g/mol. The Bertz CT molecular complexity index is 1320. The molecule has 0 atom stereocenters. The molecule has 2 aromatic carbocycles. The van der Waals surface area contributed by atoms with Crippen molar-refractivity contribution in [3.8, 4) is 11.8 Å². The van der Waals surface area contributed by atoms with E-state index in [4.69, 9.17) is 10.00 Å². The average Bonchev–Trinajstić information content (AvgIpc) is 2.87. The highest BCUT2D eigenvalue weighted by Crippen LogP contribution is 2.12. The van der Waals surface area contributed by atoms with Gasteiger partial charge in [0.05, 0.1) is 23.7 Å². The standard InChI is InChI=1S/C26H26N4O4S/c27-19-22-5-2-6-23(16-22)30-8-7-25(31)24(28-30)17-20-3-1-4-21(15-20)18-26(32)34-12-9-29-10-13-35(33)14-11-29/h1-8,15-16H,9-14,17-18H2. The molecule has 1 fully saturated rings. The Morgan fingerprint density at radius 1 is 1.09 bits per heavy atom. The molecule has 0 N–H and O–H groups in total. The molecule has 0 spiro atoms. The van der Waals surface area contributed by atoms with Crippen LogP contribution in [0.4, 0.5) is 0 Å². The van der Waals surface area contributed by atoms with Gasteiger partial charge in [0.25, 0.3) is 0 Å². The van der Waals surface area contributed by atoms with Crippen LogP contribution in [-0.4, -0.2) is 62.6 Å². The highest BCUT2D eigenvalue weighted by molar-refractivity contribution is 7.85. The summed E-state index contributed by atoms with van der Waals surface area (Å²) in [6, 6.07) is 18.1. The SMILES string of the molecule is N#Cc1cccc(-n2ccc(=O)c(Cc3cccc(CC(=O)OCCN4CCS(=O)CC4)c3)n2)c1. The molecule has 0 bridgehead atoms. The molecule has 0 aliphatic carbocycles. The second kappa shape index (κ2) is 11.7. The zero-order valence-electron chi connectivity index (χ0n) is 19.3. The molecule has 35 heavy (non-hydrogen) atoms. The lowest BCUT2D eigenvalue weighted by atomic mass is 10.0. The molecule has 3 aromatic rings. The summed E-state index contributed by atoms with van der Waals surface area (Å²) in [4.78, 5) is 26.9. The molecule has 180 valence electrons. The smallest absolute Gasteiger partial charge is 0.310 e. The van der Waals surface area contributed by atoms with Crippen molar-refractivity contribution < 1.29 is 13.7 Å². The topological polar surface area (TPSA) is 105 Å². The van der Waals surface area contributed by atoms with Crippen LogP contribution in [0.3, 0.4) is 0 Å². The molecule has 1 aliphatic rings. The van der Waals surface area contributed by atoms with Crippen LogP contribution in [0, 0.1) is 11.3 Å². The molecular formula is C26H26N4O4S. The minimum absolute atomic E-state index is 0.144. The van der Waals surface area contributed by atoms with Gasteiger partial charge in [-0.25, -0.2) is 4.68 Å². The van der Waals surface area contributed by atoms with Crippen LogP contribution >= 0.6 is 0 Å². The first-order valence-electron chi connectivity index (χ1n) is 11.4. The van der Waals surface area contributed by atoms with Crippen LogP contribution in [0.5, 0.6) is 0 Å². The van der Waals surface area contributed by atoms with Gasteiger partial charge >= 0.3 is 5.97 Å². The summed E-state index contributed by atoms with van der Waals surface area (Å²) in [6.07, 6.45) is 2.04. The monoisotopic (exact) mass is 490 g/mol. The Morgan fingerprint density at radius 2 is 1.86 bits per heavy atom. The summed E-state index contributed by atoms with van der Waals surface area (Å²) in [5, 5.41) is 13.6. The van der Waals surface area contributed by atoms with Crippen LogP contribution in [0.1, 0.15) is 22.4 Å². The van der Waals surface area contributed by atoms with Gasteiger partial charge in [-0.05, 0) is 29.3 Å². The first-order valence-corrected chi connectivity index (χ1v) is 12.9. The fraction of sp³-hybridized carbons (Fsp3) is 0.308. The third-order valence-electron chi connectivity index (χ3n) is 5.77. The van der Waals surface area contributed by atoms with E-state index in [-0.39, 0.29) is 17.8 Å². The van der Waals surface area contributed by atoms with Crippen molar-refractivity contribution in [1.82, 2.24) is 14.7 Å². The van der Waals surface area contributed by atoms with Crippen LogP contribution in [0.2, 0.25) is 0 Å². The maximum atomic E-state index is 12.4. The van der Waals surface area contributed by atoms with Crippen LogP contribution in [0.25, 0.3) is 5.69 Å². The van der Waals surface area contributed by atoms with Crippen molar-refractivity contribution in [2.24, 2.45) is 0 Å². The van der Waals surface area contributed by atoms with Crippen LogP contribution in [0.15, 0.2) is 65.6 Å². The Labute approximate surface area is 206 Å². The molecule has 4 rings (SSSR count). The number of esters is 1. The summed E-state index contributed by atoms with van der Waals surface area (Å²) in [5.74, 6) is 1.04. The lowest BCUT2D eigenvalue weighted by Gasteiger charge is -2.25. The van der Waals surface area contributed by atoms with E-state index in [9.17, 15) is 13.8 Å². The van der Waals surface area contributed by atoms with Gasteiger partial charge in [-0.2, -0.15) is 10.4 Å². The molecule has 9 heteroatoms. The van der Waals surface area contributed by atoms with Crippen molar-refractivity contribution in [1.29, 1.82) is 5.26 Å². The molecule has 1 aromatic heterocycles. The van der Waals surface area contributed by atoms with Gasteiger partial charge in [-0.1, -0.05) is 30.3 Å². The number of carbonyl (C=O) groups is 1. The van der Waals surface area contributed by atoms with E-state index in [0.29, 0.717) is 48.0 Å². The zero-order valence-corrected chi connectivity index (χ0v) is 20.1. The molecule has 0 saturated carbocycles. The van der Waals surface area contributed by atoms with Crippen LogP contribution < -0.4 is 5.43 Å². The molecular weight excluding hydrogens is 464 g/mol. The van der Waals surface area contributed by atoms with Gasteiger partial charge in [-0.15, -0.1) is 0 Å². The molecule has 0 unspecified atom stereocenters. The predicted octanol–water partition coefficient (Wildman–Crippen LogP) is 1.84. The van der Waals surface area contributed by atoms with E-state index in [1.54, 1.807) is 29.1 Å². The second-order valence-corrected chi connectivity index (χ2v) is 10.0. The quantitative estimate of drug-likeness (QED) is 0.444. The summed E-state index contributed by atoms with van der Waals surface area (Å²) in [5.41, 5.74) is 3.07. The maximum absolute atomic E-state index is 12.4. The summed E-state index contributed by atoms with van der Waals surface area (Å²) < 4.78 is 18.4. The Kier molecular flexibility index (Phi) is 8.19. The number of benzene rings is 2. The van der Waals surface area contributed by atoms with Crippen molar-refractivity contribution in [2.45, 2.75) is 12.8 Å². The fourth-order valence-electron chi connectivity index (χ4n) is 3.88. The minimum atomic E-state index is -0.720. The number of hydrogen-bond acceptors (Lipinski definition) is 7. The fourth-order valence-corrected chi connectivity index (χ4v) is 5.01. The van der Waals surface area contributed by atoms with Crippen molar-refractivity contribution >= 4 is 16.8 Å². The van der Waals surface area contributed by atoms with E-state index in [0.717, 1.165) is 24.2 Å². The van der Waals surface area contributed by atoms with E-state index in [1.165, 1.54) is 6.07 Å². The summed E-state index contributed by atoms with van der Waals surface area (Å²) >= 11 is 0. The number of hydrogen-bond donors (Lipinski definition) is 0. The third-order valence-corrected chi connectivity index (χ3v) is 7.05. The third kappa shape index (κ3) is 6.94. The first kappa shape index (κ1) is 24.5. The lowest BCUT2D eigenvalue weighted by Crippen LogP contribution is -2.39. The molecule has 2 heterocycles.